The van der Waals surface area contributed by atoms with Crippen molar-refractivity contribution in [3.05, 3.63) is 58.4 Å². The van der Waals surface area contributed by atoms with E-state index in [2.05, 4.69) is 10.6 Å². The lowest BCUT2D eigenvalue weighted by Crippen LogP contribution is -2.15. The second-order valence-electron chi connectivity index (χ2n) is 4.63. The Morgan fingerprint density at radius 1 is 1.19 bits per heavy atom. The zero-order valence-corrected chi connectivity index (χ0v) is 12.6. The van der Waals surface area contributed by atoms with Gasteiger partial charge in [0.05, 0.1) is 5.56 Å². The van der Waals surface area contributed by atoms with Gasteiger partial charge < -0.3 is 10.6 Å². The summed E-state index contributed by atoms with van der Waals surface area (Å²) in [6.07, 6.45) is 0. The SMILES string of the molecule is CCNc1ccc(Cl)cc1C(=O)Nc1cc(F)ccc1C. The van der Waals surface area contributed by atoms with Crippen molar-refractivity contribution in [3.63, 3.8) is 0 Å². The highest BCUT2D eigenvalue weighted by Gasteiger charge is 2.13. The number of anilines is 2. The van der Waals surface area contributed by atoms with E-state index in [1.807, 2.05) is 6.92 Å². The van der Waals surface area contributed by atoms with Gasteiger partial charge in [0.15, 0.2) is 0 Å². The van der Waals surface area contributed by atoms with E-state index in [9.17, 15) is 9.18 Å². The molecule has 0 bridgehead atoms. The number of benzene rings is 2. The molecule has 2 rings (SSSR count). The minimum Gasteiger partial charge on any atom is -0.385 e. The fourth-order valence-corrected chi connectivity index (χ4v) is 2.14. The van der Waals surface area contributed by atoms with Crippen molar-refractivity contribution in [2.24, 2.45) is 0 Å². The van der Waals surface area contributed by atoms with Crippen molar-refractivity contribution in [2.75, 3.05) is 17.2 Å². The van der Waals surface area contributed by atoms with Crippen LogP contribution < -0.4 is 10.6 Å². The summed E-state index contributed by atoms with van der Waals surface area (Å²) in [6, 6.07) is 9.32. The molecule has 3 nitrogen and oxygen atoms in total. The molecule has 0 aliphatic heterocycles. The van der Waals surface area contributed by atoms with E-state index >= 15 is 0 Å². The van der Waals surface area contributed by atoms with Crippen LogP contribution in [0.2, 0.25) is 5.02 Å². The second-order valence-corrected chi connectivity index (χ2v) is 5.07. The fraction of sp³-hybridized carbons (Fsp3) is 0.188. The van der Waals surface area contributed by atoms with Gasteiger partial charge in [0.2, 0.25) is 0 Å². The molecule has 2 aromatic rings. The third-order valence-corrected chi connectivity index (χ3v) is 3.28. The Hall–Kier alpha value is -2.07. The third kappa shape index (κ3) is 3.73. The van der Waals surface area contributed by atoms with Gasteiger partial charge in [-0.05, 0) is 49.7 Å². The number of amides is 1. The van der Waals surface area contributed by atoms with Gasteiger partial charge in [-0.1, -0.05) is 17.7 Å². The zero-order chi connectivity index (χ0) is 15.4. The summed E-state index contributed by atoms with van der Waals surface area (Å²) in [6.45, 7) is 4.42. The van der Waals surface area contributed by atoms with Gasteiger partial charge in [-0.3, -0.25) is 4.79 Å². The Morgan fingerprint density at radius 3 is 2.67 bits per heavy atom. The molecule has 0 spiro atoms. The predicted octanol–water partition coefficient (Wildman–Crippen LogP) is 4.47. The molecule has 2 aromatic carbocycles. The first-order chi connectivity index (χ1) is 10.0. The van der Waals surface area contributed by atoms with E-state index in [1.165, 1.54) is 12.1 Å². The highest BCUT2D eigenvalue weighted by molar-refractivity contribution is 6.31. The minimum atomic E-state index is -0.395. The van der Waals surface area contributed by atoms with Crippen LogP contribution in [0.15, 0.2) is 36.4 Å². The summed E-state index contributed by atoms with van der Waals surface area (Å²) < 4.78 is 13.3. The monoisotopic (exact) mass is 306 g/mol. The van der Waals surface area contributed by atoms with Crippen LogP contribution in [-0.4, -0.2) is 12.5 Å². The highest BCUT2D eigenvalue weighted by atomic mass is 35.5. The molecule has 0 saturated heterocycles. The normalized spacial score (nSPS) is 10.3. The summed E-state index contributed by atoms with van der Waals surface area (Å²) in [4.78, 5) is 12.4. The van der Waals surface area contributed by atoms with Crippen LogP contribution in [0.3, 0.4) is 0 Å². The van der Waals surface area contributed by atoms with Crippen LogP contribution in [0.5, 0.6) is 0 Å². The van der Waals surface area contributed by atoms with Crippen molar-refractivity contribution in [2.45, 2.75) is 13.8 Å². The van der Waals surface area contributed by atoms with Gasteiger partial charge in [-0.25, -0.2) is 4.39 Å². The number of aryl methyl sites for hydroxylation is 1. The Labute approximate surface area is 128 Å². The van der Waals surface area contributed by atoms with Crippen molar-refractivity contribution in [1.82, 2.24) is 0 Å². The van der Waals surface area contributed by atoms with E-state index in [0.717, 1.165) is 5.56 Å². The topological polar surface area (TPSA) is 41.1 Å². The maximum Gasteiger partial charge on any atom is 0.257 e. The largest absolute Gasteiger partial charge is 0.385 e. The molecule has 0 aromatic heterocycles. The Kier molecular flexibility index (Phi) is 4.81. The summed E-state index contributed by atoms with van der Waals surface area (Å²) in [5.41, 5.74) is 2.35. The summed E-state index contributed by atoms with van der Waals surface area (Å²) in [5, 5.41) is 6.29. The molecule has 0 atom stereocenters. The predicted molar refractivity (Wildman–Crippen MR) is 84.7 cm³/mol. The van der Waals surface area contributed by atoms with Crippen LogP contribution in [0.4, 0.5) is 15.8 Å². The van der Waals surface area contributed by atoms with Crippen LogP contribution in [-0.2, 0) is 0 Å². The number of rotatable bonds is 4. The molecule has 0 radical (unpaired) electrons. The van der Waals surface area contributed by atoms with Crippen molar-refractivity contribution in [1.29, 1.82) is 0 Å². The summed E-state index contributed by atoms with van der Waals surface area (Å²) in [7, 11) is 0. The standard InChI is InChI=1S/C16H16ClFN2O/c1-3-19-14-7-5-11(17)8-13(14)16(21)20-15-9-12(18)6-4-10(15)2/h4-9,19H,3H2,1-2H3,(H,20,21). The molecule has 5 heteroatoms. The molecule has 2 N–H and O–H groups in total. The lowest BCUT2D eigenvalue weighted by Gasteiger charge is -2.13. The van der Waals surface area contributed by atoms with Gasteiger partial charge >= 0.3 is 0 Å². The van der Waals surface area contributed by atoms with Crippen LogP contribution in [0.25, 0.3) is 0 Å². The molecule has 21 heavy (non-hydrogen) atoms. The number of hydrogen-bond acceptors (Lipinski definition) is 2. The van der Waals surface area contributed by atoms with Crippen molar-refractivity contribution < 1.29 is 9.18 Å². The molecular weight excluding hydrogens is 291 g/mol. The van der Waals surface area contributed by atoms with Crippen molar-refractivity contribution in [3.8, 4) is 0 Å². The number of halogens is 2. The third-order valence-electron chi connectivity index (χ3n) is 3.04. The average molecular weight is 307 g/mol. The Bertz CT molecular complexity index is 673. The first kappa shape index (κ1) is 15.3. The lowest BCUT2D eigenvalue weighted by molar-refractivity contribution is 0.102. The van der Waals surface area contributed by atoms with E-state index in [4.69, 9.17) is 11.6 Å². The molecule has 0 aliphatic carbocycles. The number of carbonyl (C=O) groups excluding carboxylic acids is 1. The van der Waals surface area contributed by atoms with Crippen LogP contribution in [0, 0.1) is 12.7 Å². The number of carbonyl (C=O) groups is 1. The van der Waals surface area contributed by atoms with E-state index in [-0.39, 0.29) is 5.91 Å². The number of hydrogen-bond donors (Lipinski definition) is 2. The summed E-state index contributed by atoms with van der Waals surface area (Å²) >= 11 is 5.95. The maximum absolute atomic E-state index is 13.3. The van der Waals surface area contributed by atoms with Crippen LogP contribution in [0.1, 0.15) is 22.8 Å². The van der Waals surface area contributed by atoms with Crippen LogP contribution >= 0.6 is 11.6 Å². The maximum atomic E-state index is 13.3. The molecule has 110 valence electrons. The molecule has 1 amide bonds. The molecule has 0 heterocycles. The van der Waals surface area contributed by atoms with E-state index in [0.29, 0.717) is 28.5 Å². The van der Waals surface area contributed by atoms with E-state index < -0.39 is 5.82 Å². The Morgan fingerprint density at radius 2 is 1.95 bits per heavy atom. The van der Waals surface area contributed by atoms with Gasteiger partial charge in [0, 0.05) is 22.9 Å². The van der Waals surface area contributed by atoms with Gasteiger partial charge in [0.25, 0.3) is 5.91 Å². The quantitative estimate of drug-likeness (QED) is 0.875. The lowest BCUT2D eigenvalue weighted by atomic mass is 10.1. The highest BCUT2D eigenvalue weighted by Crippen LogP contribution is 2.23. The smallest absolute Gasteiger partial charge is 0.257 e. The molecule has 0 fully saturated rings. The van der Waals surface area contributed by atoms with Gasteiger partial charge in [0.1, 0.15) is 5.82 Å². The minimum absolute atomic E-state index is 0.331. The summed E-state index contributed by atoms with van der Waals surface area (Å²) in [5.74, 6) is -0.726. The second kappa shape index (κ2) is 6.59. The Balaban J connectivity index is 2.31. The number of nitrogens with one attached hydrogen (secondary N) is 2. The molecule has 0 saturated carbocycles. The molecule has 0 aliphatic rings. The first-order valence-electron chi connectivity index (χ1n) is 6.62. The van der Waals surface area contributed by atoms with Gasteiger partial charge in [-0.15, -0.1) is 0 Å². The van der Waals surface area contributed by atoms with Crippen molar-refractivity contribution >= 4 is 28.9 Å². The fourth-order valence-electron chi connectivity index (χ4n) is 1.97. The van der Waals surface area contributed by atoms with E-state index in [1.54, 1.807) is 31.2 Å². The van der Waals surface area contributed by atoms with Gasteiger partial charge in [-0.2, -0.15) is 0 Å². The zero-order valence-electron chi connectivity index (χ0n) is 11.8. The molecule has 0 unspecified atom stereocenters. The molecular formula is C16H16ClFN2O. The average Bonchev–Trinajstić information content (AvgIpc) is 2.45. The first-order valence-corrected chi connectivity index (χ1v) is 7.00.